The van der Waals surface area contributed by atoms with Crippen molar-refractivity contribution in [1.29, 1.82) is 1.43 Å². The second-order valence-corrected chi connectivity index (χ2v) is 6.35. The van der Waals surface area contributed by atoms with Crippen LogP contribution in [0.25, 0.3) is 1.43 Å². The Morgan fingerprint density at radius 2 is 2.40 bits per heavy atom. The average molecular weight is 253 g/mol. The molecule has 5 heteroatoms. The van der Waals surface area contributed by atoms with E-state index in [2.05, 4.69) is 5.11 Å². The largest absolute Gasteiger partial charge is 0.481 e. The molecule has 0 aromatic carbocycles. The van der Waals surface area contributed by atoms with Gasteiger partial charge in [-0.2, -0.15) is 0 Å². The predicted octanol–water partition coefficient (Wildman–Crippen LogP) is 2.85. The molecular formula is C10H18O3S2. The van der Waals surface area contributed by atoms with Crippen LogP contribution in [-0.4, -0.2) is 28.3 Å². The van der Waals surface area contributed by atoms with Crippen molar-refractivity contribution in [3.8, 4) is 0 Å². The molecule has 0 bridgehead atoms. The number of carbonyl (C=O) groups excluding carboxylic acids is 1. The molecule has 0 radical (unpaired) electrons. The molecule has 0 aromatic heterocycles. The number of hydrogen-bond donors (Lipinski definition) is 1. The van der Waals surface area contributed by atoms with Gasteiger partial charge in [-0.05, 0) is 12.8 Å². The summed E-state index contributed by atoms with van der Waals surface area (Å²) >= 11 is 0. The number of carboxylic acids is 1. The topological polar surface area (TPSA) is 54.4 Å². The zero-order chi connectivity index (χ0) is 13.3. The number of hydrogen-bond acceptors (Lipinski definition) is 5. The van der Waals surface area contributed by atoms with Crippen LogP contribution in [0, 0.1) is 5.92 Å². The molecular weight excluding hydrogens is 232 g/mol. The normalized spacial score (nSPS) is 16.1. The van der Waals surface area contributed by atoms with Crippen LogP contribution in [0.4, 0.5) is 0 Å². The Morgan fingerprint density at radius 3 is 3.00 bits per heavy atom. The van der Waals surface area contributed by atoms with Gasteiger partial charge >= 0.3 is 5.97 Å². The smallest absolute Gasteiger partial charge is 0.306 e. The highest BCUT2D eigenvalue weighted by Crippen LogP contribution is 2.30. The van der Waals surface area contributed by atoms with Gasteiger partial charge in [0.15, 0.2) is 0 Å². The van der Waals surface area contributed by atoms with E-state index in [0.29, 0.717) is 24.5 Å². The minimum atomic E-state index is -0.519. The maximum Gasteiger partial charge on any atom is 0.306 e. The Kier molecular flexibility index (Phi) is 6.87. The van der Waals surface area contributed by atoms with E-state index >= 15 is 0 Å². The minimum Gasteiger partial charge on any atom is -0.481 e. The van der Waals surface area contributed by atoms with E-state index in [-0.39, 0.29) is 5.92 Å². The summed E-state index contributed by atoms with van der Waals surface area (Å²) in [5, 5.41) is 4.22. The van der Waals surface area contributed by atoms with E-state index in [9.17, 15) is 9.59 Å². The van der Waals surface area contributed by atoms with Gasteiger partial charge < -0.3 is 9.90 Å². The monoisotopic (exact) mass is 253 g/mol. The highest BCUT2D eigenvalue weighted by atomic mass is 33.1. The first-order valence-electron chi connectivity index (χ1n) is 5.83. The van der Waals surface area contributed by atoms with E-state index in [1.54, 1.807) is 28.5 Å². The second-order valence-electron chi connectivity index (χ2n) is 3.42. The second kappa shape index (κ2) is 9.09. The summed E-state index contributed by atoms with van der Waals surface area (Å²) < 4.78 is 13.3. The van der Waals surface area contributed by atoms with Crippen molar-refractivity contribution in [1.82, 2.24) is 0 Å². The summed E-state index contributed by atoms with van der Waals surface area (Å²) in [5.41, 5.74) is 0. The Morgan fingerprint density at radius 1 is 1.67 bits per heavy atom. The molecule has 2 unspecified atom stereocenters. The number of carbonyl (C=O) groups is 2. The molecule has 0 amide bonds. The summed E-state index contributed by atoms with van der Waals surface area (Å²) in [6.45, 7) is 3.76. The van der Waals surface area contributed by atoms with Gasteiger partial charge in [-0.15, -0.1) is 0 Å². The zero-order valence-corrected chi connectivity index (χ0v) is 10.7. The highest BCUT2D eigenvalue weighted by molar-refractivity contribution is 8.76. The van der Waals surface area contributed by atoms with Gasteiger partial charge in [0.1, 0.15) is 7.63 Å². The molecule has 0 saturated carbocycles. The highest BCUT2D eigenvalue weighted by Gasteiger charge is 2.10. The molecule has 0 fully saturated rings. The van der Waals surface area contributed by atoms with E-state index in [1.165, 1.54) is 0 Å². The number of carboxylic acid groups (broad SMARTS) is 1. The van der Waals surface area contributed by atoms with E-state index < -0.39 is 12.2 Å². The lowest BCUT2D eigenvalue weighted by atomic mass is 10.1. The van der Waals surface area contributed by atoms with Gasteiger partial charge in [-0.25, -0.2) is 0 Å². The molecule has 0 aromatic rings. The Balaban J connectivity index is 3.50. The quantitative estimate of drug-likeness (QED) is 0.389. The van der Waals surface area contributed by atoms with Gasteiger partial charge in [0.2, 0.25) is 0 Å². The van der Waals surface area contributed by atoms with Crippen molar-refractivity contribution in [3.05, 3.63) is 0 Å². The van der Waals surface area contributed by atoms with Crippen molar-refractivity contribution in [2.24, 2.45) is 5.92 Å². The molecule has 88 valence electrons. The van der Waals surface area contributed by atoms with Crippen molar-refractivity contribution in [2.75, 3.05) is 5.75 Å². The minimum absolute atomic E-state index is 0.245. The van der Waals surface area contributed by atoms with E-state index in [0.717, 1.165) is 5.75 Å². The fraction of sp³-hybridized carbons (Fsp3) is 0.800. The average Bonchev–Trinajstić information content (AvgIpc) is 2.30. The molecule has 0 rings (SSSR count). The maximum absolute atomic E-state index is 10.9. The third kappa shape index (κ3) is 8.81. The van der Waals surface area contributed by atoms with E-state index in [1.807, 2.05) is 6.92 Å². The van der Waals surface area contributed by atoms with Gasteiger partial charge in [0.25, 0.3) is 1.43 Å². The molecule has 1 N–H and O–H groups in total. The summed E-state index contributed by atoms with van der Waals surface area (Å²) in [6, 6.07) is 0. The van der Waals surface area contributed by atoms with Gasteiger partial charge in [-0.3, -0.25) is 4.79 Å². The lowest BCUT2D eigenvalue weighted by molar-refractivity contribution is -0.141. The van der Waals surface area contributed by atoms with Crippen LogP contribution in [-0.2, 0) is 9.59 Å². The summed E-state index contributed by atoms with van der Waals surface area (Å²) in [5.74, 6) is 0.0641. The molecule has 0 aliphatic carbocycles. The van der Waals surface area contributed by atoms with Crippen molar-refractivity contribution in [3.63, 3.8) is 0 Å². The SMILES string of the molecule is [2H]OC(=O)C(C)CCSSC(C)CCC([3H])=O. The van der Waals surface area contributed by atoms with Gasteiger partial charge in [0, 0.05) is 17.4 Å². The van der Waals surface area contributed by atoms with Crippen LogP contribution < -0.4 is 0 Å². The number of aldehydes is 1. The summed E-state index contributed by atoms with van der Waals surface area (Å²) in [6.07, 6.45) is 1.18. The van der Waals surface area contributed by atoms with Gasteiger partial charge in [-0.1, -0.05) is 35.4 Å². The van der Waals surface area contributed by atoms with Crippen LogP contribution in [0.1, 0.15) is 34.5 Å². The third-order valence-corrected chi connectivity index (χ3v) is 4.92. The lowest BCUT2D eigenvalue weighted by Crippen LogP contribution is -2.09. The molecule has 0 spiro atoms. The van der Waals surface area contributed by atoms with Crippen LogP contribution >= 0.6 is 21.6 Å². The van der Waals surface area contributed by atoms with Crippen molar-refractivity contribution >= 4 is 33.8 Å². The molecule has 2 atom stereocenters. The van der Waals surface area contributed by atoms with Crippen molar-refractivity contribution < 1.29 is 16.1 Å². The molecule has 0 aliphatic heterocycles. The molecule has 15 heavy (non-hydrogen) atoms. The van der Waals surface area contributed by atoms with E-state index in [4.69, 9.17) is 2.80 Å². The summed E-state index contributed by atoms with van der Waals surface area (Å²) in [4.78, 5) is 21.4. The van der Waals surface area contributed by atoms with Crippen LogP contribution in [0.3, 0.4) is 0 Å². The molecule has 0 heterocycles. The number of aliphatic carboxylic acids is 1. The third-order valence-electron chi connectivity index (χ3n) is 1.92. The summed E-state index contributed by atoms with van der Waals surface area (Å²) in [7, 11) is 3.31. The molecule has 3 nitrogen and oxygen atoms in total. The standard InChI is InChI=1S/C10H18O3S2/c1-8(10(12)13)5-7-14-15-9(2)4-3-6-11/h6,8-9H,3-5,7H2,1-2H3,(H,12,13)/i6T/hD. The Labute approximate surface area is 102 Å². The van der Waals surface area contributed by atoms with Crippen molar-refractivity contribution in [2.45, 2.75) is 38.4 Å². The number of rotatable bonds is 9. The fourth-order valence-corrected chi connectivity index (χ4v) is 3.37. The van der Waals surface area contributed by atoms with Crippen LogP contribution in [0.5, 0.6) is 0 Å². The predicted molar refractivity (Wildman–Crippen MR) is 66.2 cm³/mol. The fourth-order valence-electron chi connectivity index (χ4n) is 0.817. The Bertz CT molecular complexity index is 252. The first-order chi connectivity index (χ1) is 7.97. The lowest BCUT2D eigenvalue weighted by Gasteiger charge is -2.09. The molecule has 0 saturated heterocycles. The molecule has 0 aliphatic rings. The first kappa shape index (κ1) is 11.3. The van der Waals surface area contributed by atoms with Crippen LogP contribution in [0.15, 0.2) is 0 Å². The Hall–Kier alpha value is -0.160. The maximum atomic E-state index is 10.9. The van der Waals surface area contributed by atoms with Crippen LogP contribution in [0.2, 0.25) is 0 Å². The first-order valence-corrected chi connectivity index (χ1v) is 7.30. The zero-order valence-electron chi connectivity index (χ0n) is 11.0. The van der Waals surface area contributed by atoms with Gasteiger partial charge in [0.05, 0.1) is 5.92 Å².